The summed E-state index contributed by atoms with van der Waals surface area (Å²) in [6.07, 6.45) is 7.26. The SMILES string of the molecule is CCC(=O)N1CCc2cc(Br)c(S(=O)(=O)N3CCCC(C(=O)NCCN4CCCCC4CC)C3)cc21. The number of anilines is 1. The van der Waals surface area contributed by atoms with Crippen molar-refractivity contribution in [2.24, 2.45) is 5.92 Å². The summed E-state index contributed by atoms with van der Waals surface area (Å²) in [5.74, 6) is -0.431. The van der Waals surface area contributed by atoms with Crippen LogP contribution in [-0.4, -0.2) is 74.7 Å². The number of piperidine rings is 2. The summed E-state index contributed by atoms with van der Waals surface area (Å²) in [6.45, 7) is 7.68. The highest BCUT2D eigenvalue weighted by molar-refractivity contribution is 9.10. The number of sulfonamides is 1. The maximum Gasteiger partial charge on any atom is 0.244 e. The lowest BCUT2D eigenvalue weighted by Crippen LogP contribution is -2.48. The molecule has 4 rings (SSSR count). The first-order valence-electron chi connectivity index (χ1n) is 13.4. The van der Waals surface area contributed by atoms with Gasteiger partial charge in [-0.25, -0.2) is 8.42 Å². The molecule has 0 aromatic heterocycles. The largest absolute Gasteiger partial charge is 0.355 e. The quantitative estimate of drug-likeness (QED) is 0.506. The lowest BCUT2D eigenvalue weighted by molar-refractivity contribution is -0.126. The number of fused-ring (bicyclic) bond motifs is 1. The van der Waals surface area contributed by atoms with E-state index in [9.17, 15) is 18.0 Å². The molecule has 0 aliphatic carbocycles. The molecule has 3 heterocycles. The minimum atomic E-state index is -3.82. The number of hydrogen-bond donors (Lipinski definition) is 1. The second kappa shape index (κ2) is 11.9. The average Bonchev–Trinajstić information content (AvgIpc) is 3.30. The molecule has 2 atom stereocenters. The van der Waals surface area contributed by atoms with Gasteiger partial charge in [0, 0.05) is 55.3 Å². The smallest absolute Gasteiger partial charge is 0.244 e. The minimum Gasteiger partial charge on any atom is -0.355 e. The van der Waals surface area contributed by atoms with Gasteiger partial charge >= 0.3 is 0 Å². The lowest BCUT2D eigenvalue weighted by Gasteiger charge is -2.35. The van der Waals surface area contributed by atoms with E-state index in [1.807, 2.05) is 13.0 Å². The Bertz CT molecular complexity index is 1080. The normalized spacial score (nSPS) is 23.5. The molecule has 0 saturated carbocycles. The maximum atomic E-state index is 13.7. The van der Waals surface area contributed by atoms with Crippen molar-refractivity contribution in [1.82, 2.24) is 14.5 Å². The molecule has 3 aliphatic heterocycles. The van der Waals surface area contributed by atoms with Gasteiger partial charge < -0.3 is 10.2 Å². The zero-order chi connectivity index (χ0) is 25.9. The third-order valence-corrected chi connectivity index (χ3v) is 10.7. The lowest BCUT2D eigenvalue weighted by atomic mass is 9.98. The van der Waals surface area contributed by atoms with E-state index in [0.29, 0.717) is 61.5 Å². The zero-order valence-electron chi connectivity index (χ0n) is 21.5. The number of likely N-dealkylation sites (tertiary alicyclic amines) is 1. The van der Waals surface area contributed by atoms with Gasteiger partial charge in [-0.2, -0.15) is 4.31 Å². The van der Waals surface area contributed by atoms with Gasteiger partial charge in [-0.1, -0.05) is 20.3 Å². The van der Waals surface area contributed by atoms with Gasteiger partial charge in [-0.3, -0.25) is 14.5 Å². The van der Waals surface area contributed by atoms with E-state index in [-0.39, 0.29) is 29.2 Å². The van der Waals surface area contributed by atoms with Crippen LogP contribution in [-0.2, 0) is 26.0 Å². The number of carbonyl (C=O) groups excluding carboxylic acids is 2. The van der Waals surface area contributed by atoms with Crippen molar-refractivity contribution in [3.05, 3.63) is 22.2 Å². The second-order valence-corrected chi connectivity index (χ2v) is 12.9. The predicted molar refractivity (Wildman–Crippen MR) is 144 cm³/mol. The number of halogens is 1. The Balaban J connectivity index is 1.41. The predicted octanol–water partition coefficient (Wildman–Crippen LogP) is 3.53. The summed E-state index contributed by atoms with van der Waals surface area (Å²) < 4.78 is 29.3. The van der Waals surface area contributed by atoms with Crippen LogP contribution in [0.3, 0.4) is 0 Å². The third kappa shape index (κ3) is 5.81. The van der Waals surface area contributed by atoms with E-state index in [1.165, 1.54) is 23.6 Å². The van der Waals surface area contributed by atoms with Crippen LogP contribution < -0.4 is 10.2 Å². The van der Waals surface area contributed by atoms with E-state index in [4.69, 9.17) is 0 Å². The monoisotopic (exact) mass is 582 g/mol. The van der Waals surface area contributed by atoms with Gasteiger partial charge in [-0.05, 0) is 78.7 Å². The highest BCUT2D eigenvalue weighted by Crippen LogP contribution is 2.37. The van der Waals surface area contributed by atoms with Crippen molar-refractivity contribution >= 4 is 43.5 Å². The topological polar surface area (TPSA) is 90.0 Å². The Kier molecular flexibility index (Phi) is 9.12. The van der Waals surface area contributed by atoms with E-state index < -0.39 is 10.0 Å². The van der Waals surface area contributed by atoms with E-state index in [1.54, 1.807) is 11.0 Å². The fourth-order valence-corrected chi connectivity index (χ4v) is 8.43. The van der Waals surface area contributed by atoms with Gasteiger partial charge in [0.2, 0.25) is 21.8 Å². The van der Waals surface area contributed by atoms with Crippen molar-refractivity contribution in [2.45, 2.75) is 76.2 Å². The minimum absolute atomic E-state index is 0.0102. The highest BCUT2D eigenvalue weighted by atomic mass is 79.9. The first-order valence-corrected chi connectivity index (χ1v) is 15.6. The summed E-state index contributed by atoms with van der Waals surface area (Å²) in [6, 6.07) is 4.05. The standard InChI is InChI=1S/C26H39BrN4O4S/c1-3-21-9-5-6-12-29(21)15-11-28-26(33)20-8-7-13-30(18-20)36(34,35)24-17-23-19(16-22(24)27)10-14-31(23)25(32)4-2/h16-17,20-21H,3-15,18H2,1-2H3,(H,28,33). The first kappa shape index (κ1) is 27.5. The van der Waals surface area contributed by atoms with Crippen LogP contribution in [0.4, 0.5) is 5.69 Å². The number of rotatable bonds is 8. The fourth-order valence-electron chi connectivity index (χ4n) is 5.83. The molecule has 36 heavy (non-hydrogen) atoms. The number of nitrogens with zero attached hydrogens (tertiary/aromatic N) is 3. The summed E-state index contributed by atoms with van der Waals surface area (Å²) in [4.78, 5) is 29.7. The van der Waals surface area contributed by atoms with Crippen molar-refractivity contribution in [3.8, 4) is 0 Å². The molecular formula is C26H39BrN4O4S. The Labute approximate surface area is 223 Å². The molecule has 0 spiro atoms. The molecule has 1 aromatic carbocycles. The Morgan fingerprint density at radius 3 is 2.64 bits per heavy atom. The van der Waals surface area contributed by atoms with Crippen molar-refractivity contribution in [1.29, 1.82) is 0 Å². The molecule has 3 aliphatic rings. The third-order valence-electron chi connectivity index (χ3n) is 7.92. The molecular weight excluding hydrogens is 544 g/mol. The molecule has 0 bridgehead atoms. The number of benzene rings is 1. The van der Waals surface area contributed by atoms with Crippen LogP contribution >= 0.6 is 15.9 Å². The first-order chi connectivity index (χ1) is 17.3. The fraction of sp³-hybridized carbons (Fsp3) is 0.692. The number of amides is 2. The zero-order valence-corrected chi connectivity index (χ0v) is 23.9. The Morgan fingerprint density at radius 2 is 1.89 bits per heavy atom. The van der Waals surface area contributed by atoms with Crippen LogP contribution in [0.25, 0.3) is 0 Å². The molecule has 2 unspecified atom stereocenters. The van der Waals surface area contributed by atoms with E-state index >= 15 is 0 Å². The Hall–Kier alpha value is -1.49. The molecule has 200 valence electrons. The number of nitrogens with one attached hydrogen (secondary N) is 1. The van der Waals surface area contributed by atoms with Crippen LogP contribution in [0.2, 0.25) is 0 Å². The van der Waals surface area contributed by atoms with Crippen molar-refractivity contribution in [2.75, 3.05) is 44.2 Å². The van der Waals surface area contributed by atoms with Gasteiger partial charge in [0.25, 0.3) is 0 Å². The highest BCUT2D eigenvalue weighted by Gasteiger charge is 2.36. The summed E-state index contributed by atoms with van der Waals surface area (Å²) in [5, 5.41) is 3.07. The molecule has 2 fully saturated rings. The number of hydrogen-bond acceptors (Lipinski definition) is 5. The van der Waals surface area contributed by atoms with Crippen molar-refractivity contribution < 1.29 is 18.0 Å². The molecule has 0 radical (unpaired) electrons. The van der Waals surface area contributed by atoms with Gasteiger partial charge in [0.05, 0.1) is 10.8 Å². The van der Waals surface area contributed by atoms with Crippen LogP contribution in [0.5, 0.6) is 0 Å². The van der Waals surface area contributed by atoms with Crippen molar-refractivity contribution in [3.63, 3.8) is 0 Å². The molecule has 10 heteroatoms. The number of carbonyl (C=O) groups is 2. The van der Waals surface area contributed by atoms with Crippen LogP contribution in [0, 0.1) is 5.92 Å². The summed E-state index contributed by atoms with van der Waals surface area (Å²) >= 11 is 3.46. The molecule has 8 nitrogen and oxygen atoms in total. The Morgan fingerprint density at radius 1 is 1.08 bits per heavy atom. The van der Waals surface area contributed by atoms with E-state index in [2.05, 4.69) is 33.1 Å². The average molecular weight is 584 g/mol. The van der Waals surface area contributed by atoms with Gasteiger partial charge in [-0.15, -0.1) is 0 Å². The van der Waals surface area contributed by atoms with E-state index in [0.717, 1.165) is 25.1 Å². The second-order valence-electron chi connectivity index (χ2n) is 10.1. The molecule has 2 amide bonds. The summed E-state index contributed by atoms with van der Waals surface area (Å²) in [7, 11) is -3.82. The summed E-state index contributed by atoms with van der Waals surface area (Å²) in [5.41, 5.74) is 1.65. The van der Waals surface area contributed by atoms with Crippen LogP contribution in [0.1, 0.15) is 64.4 Å². The molecule has 1 N–H and O–H groups in total. The molecule has 2 saturated heterocycles. The maximum absolute atomic E-state index is 13.7. The van der Waals surface area contributed by atoms with Crippen LogP contribution in [0.15, 0.2) is 21.5 Å². The van der Waals surface area contributed by atoms with Gasteiger partial charge in [0.1, 0.15) is 0 Å². The van der Waals surface area contributed by atoms with Gasteiger partial charge in [0.15, 0.2) is 0 Å². The molecule has 1 aromatic rings.